The van der Waals surface area contributed by atoms with Crippen LogP contribution in [0, 0.1) is 17.2 Å². The molecule has 1 aliphatic rings. The van der Waals surface area contributed by atoms with Crippen molar-refractivity contribution in [1.29, 1.82) is 5.26 Å². The Labute approximate surface area is 177 Å². The van der Waals surface area contributed by atoms with Crippen LogP contribution in [-0.2, 0) is 13.8 Å². The van der Waals surface area contributed by atoms with Crippen molar-refractivity contribution in [2.24, 2.45) is 5.92 Å². The van der Waals surface area contributed by atoms with Crippen LogP contribution in [0.4, 0.5) is 0 Å². The molecule has 0 radical (unpaired) electrons. The zero-order valence-electron chi connectivity index (χ0n) is 18.7. The van der Waals surface area contributed by atoms with E-state index in [-0.39, 0.29) is 37.6 Å². The van der Waals surface area contributed by atoms with Crippen LogP contribution in [-0.4, -0.2) is 56.8 Å². The van der Waals surface area contributed by atoms with E-state index in [9.17, 15) is 14.7 Å². The van der Waals surface area contributed by atoms with Gasteiger partial charge in [0.05, 0.1) is 25.7 Å². The maximum atomic E-state index is 12.2. The average Bonchev–Trinajstić information content (AvgIpc) is 2.97. The molecule has 0 saturated carbocycles. The molecule has 2 rings (SSSR count). The van der Waals surface area contributed by atoms with Gasteiger partial charge in [-0.1, -0.05) is 6.92 Å². The molecule has 170 valence electrons. The standard InChI is InChI=1S/C19H31N4O6P.Rf/c1-12(2)23(13(3)4)30(27-10-6-8-20)29-17-14(5)18(28-15(17)11-24)22-9-7-16(25)21-19(22)26;/h7,9,12-15,17-18,24H,6,10-11H2,1-5H3,(H,21,25,26);/t14-,15+,17?,18+,30?;/m0./s1. The van der Waals surface area contributed by atoms with Crippen LogP contribution in [0.15, 0.2) is 21.9 Å². The third-order valence-corrected chi connectivity index (χ3v) is 6.96. The van der Waals surface area contributed by atoms with Crippen molar-refractivity contribution in [2.45, 2.75) is 71.6 Å². The fraction of sp³-hybridized carbons (Fsp3) is 0.737. The van der Waals surface area contributed by atoms with Gasteiger partial charge in [0.1, 0.15) is 18.4 Å². The van der Waals surface area contributed by atoms with E-state index < -0.39 is 38.2 Å². The maximum Gasteiger partial charge on any atom is 0.330 e. The zero-order chi connectivity index (χ0) is 22.4. The third-order valence-electron chi connectivity index (χ3n) is 4.83. The first-order valence-corrected chi connectivity index (χ1v) is 11.2. The summed E-state index contributed by atoms with van der Waals surface area (Å²) in [6, 6.07) is 3.56. The minimum absolute atomic E-state index is 0. The number of hydrogen-bond donors (Lipinski definition) is 2. The van der Waals surface area contributed by atoms with Gasteiger partial charge in [0.25, 0.3) is 14.1 Å². The largest absolute Gasteiger partial charge is 0.394 e. The van der Waals surface area contributed by atoms with Gasteiger partial charge in [0, 0.05) is 30.3 Å². The van der Waals surface area contributed by atoms with E-state index in [4.69, 9.17) is 19.0 Å². The first-order valence-electron chi connectivity index (χ1n) is 10.0. The number of aromatic nitrogens is 2. The van der Waals surface area contributed by atoms with Gasteiger partial charge in [-0.3, -0.25) is 14.3 Å². The van der Waals surface area contributed by atoms with Crippen LogP contribution in [0.5, 0.6) is 0 Å². The second kappa shape index (κ2) is 11.7. The summed E-state index contributed by atoms with van der Waals surface area (Å²) in [5.41, 5.74) is -1.08. The number of ether oxygens (including phenoxy) is 1. The van der Waals surface area contributed by atoms with E-state index in [0.29, 0.717) is 0 Å². The van der Waals surface area contributed by atoms with E-state index >= 15 is 0 Å². The van der Waals surface area contributed by atoms with Gasteiger partial charge in [-0.15, -0.1) is 0 Å². The van der Waals surface area contributed by atoms with Crippen molar-refractivity contribution in [1.82, 2.24) is 14.2 Å². The molecule has 1 aliphatic heterocycles. The Morgan fingerprint density at radius 1 is 1.35 bits per heavy atom. The molecule has 2 heterocycles. The van der Waals surface area contributed by atoms with Crippen LogP contribution >= 0.6 is 8.53 Å². The molecule has 5 atom stereocenters. The van der Waals surface area contributed by atoms with Crippen LogP contribution in [0.1, 0.15) is 47.3 Å². The molecule has 0 spiro atoms. The molecule has 1 saturated heterocycles. The first-order chi connectivity index (χ1) is 14.2. The molecule has 2 unspecified atom stereocenters. The first kappa shape index (κ1) is 26.4. The summed E-state index contributed by atoms with van der Waals surface area (Å²) in [6.45, 7) is 9.93. The number of nitriles is 1. The Balaban J connectivity index is 0.00000480. The van der Waals surface area contributed by atoms with Crippen molar-refractivity contribution in [3.8, 4) is 6.07 Å². The molecule has 10 nitrogen and oxygen atoms in total. The smallest absolute Gasteiger partial charge is 0.330 e. The van der Waals surface area contributed by atoms with Gasteiger partial charge in [-0.05, 0) is 27.7 Å². The van der Waals surface area contributed by atoms with Gasteiger partial charge >= 0.3 is 5.69 Å². The number of rotatable bonds is 10. The number of aromatic amines is 1. The average molecular weight is 709 g/mol. The molecule has 0 amide bonds. The van der Waals surface area contributed by atoms with Crippen molar-refractivity contribution in [2.75, 3.05) is 13.2 Å². The SMILES string of the molecule is CC(C)N(C(C)C)P(OCCC#N)OC1[C@@H](CO)O[C@@H](n2ccc(=O)[nH]c2=O)[C@H]1C.[Rf]. The Kier molecular flexibility index (Phi) is 9.98. The Bertz CT molecular complexity index is 834. The van der Waals surface area contributed by atoms with Crippen molar-refractivity contribution in [3.05, 3.63) is 33.1 Å². The van der Waals surface area contributed by atoms with Gasteiger partial charge < -0.3 is 18.9 Å². The quantitative estimate of drug-likeness (QED) is 0.278. The molecule has 0 aromatic carbocycles. The number of aliphatic hydroxyl groups excluding tert-OH is 1. The van der Waals surface area contributed by atoms with Crippen LogP contribution < -0.4 is 11.2 Å². The molecule has 0 bridgehead atoms. The fourth-order valence-electron chi connectivity index (χ4n) is 3.54. The monoisotopic (exact) mass is 709 g/mol. The molecule has 0 aliphatic carbocycles. The fourth-order valence-corrected chi connectivity index (χ4v) is 5.38. The van der Waals surface area contributed by atoms with Crippen molar-refractivity contribution >= 4 is 8.53 Å². The molecule has 2 N–H and O–H groups in total. The maximum absolute atomic E-state index is 12.2. The minimum atomic E-state index is -1.54. The van der Waals surface area contributed by atoms with Crippen LogP contribution in [0.3, 0.4) is 0 Å². The topological polar surface area (TPSA) is 130 Å². The zero-order valence-corrected chi connectivity index (χ0v) is 26.0. The Hall–Kier alpha value is -2.60. The van der Waals surface area contributed by atoms with Gasteiger partial charge in [-0.2, -0.15) is 5.26 Å². The predicted octanol–water partition coefficient (Wildman–Crippen LogP) is 1.72. The summed E-state index contributed by atoms with van der Waals surface area (Å²) in [5.74, 6) is -0.309. The summed E-state index contributed by atoms with van der Waals surface area (Å²) < 4.78 is 21.6. The van der Waals surface area contributed by atoms with Crippen LogP contribution in [0.2, 0.25) is 0 Å². The van der Waals surface area contributed by atoms with Crippen molar-refractivity contribution < 1.29 is 18.9 Å². The summed E-state index contributed by atoms with van der Waals surface area (Å²) in [4.78, 5) is 25.8. The van der Waals surface area contributed by atoms with Gasteiger partial charge in [0.15, 0.2) is 0 Å². The Morgan fingerprint density at radius 2 is 2.00 bits per heavy atom. The van der Waals surface area contributed by atoms with Crippen molar-refractivity contribution in [3.63, 3.8) is 0 Å². The van der Waals surface area contributed by atoms with E-state index in [1.54, 1.807) is 0 Å². The summed E-state index contributed by atoms with van der Waals surface area (Å²) in [7, 11) is -1.54. The number of aliphatic hydroxyl groups is 1. The van der Waals surface area contributed by atoms with Crippen LogP contribution in [0.25, 0.3) is 0 Å². The second-order valence-electron chi connectivity index (χ2n) is 7.74. The van der Waals surface area contributed by atoms with E-state index in [1.165, 1.54) is 16.8 Å². The summed E-state index contributed by atoms with van der Waals surface area (Å²) in [6.07, 6.45) is -0.317. The molecule has 31 heavy (non-hydrogen) atoms. The summed E-state index contributed by atoms with van der Waals surface area (Å²) in [5, 5.41) is 18.7. The second-order valence-corrected chi connectivity index (χ2v) is 9.15. The van der Waals surface area contributed by atoms with Gasteiger partial charge in [0.2, 0.25) is 0 Å². The number of hydrogen-bond acceptors (Lipinski definition) is 8. The molecular formula is C19H31N4O6PRf. The third kappa shape index (κ3) is 6.20. The number of nitrogens with zero attached hydrogens (tertiary/aromatic N) is 3. The molecular weight excluding hydrogens is 678 g/mol. The van der Waals surface area contributed by atoms with E-state index in [0.717, 1.165) is 0 Å². The summed E-state index contributed by atoms with van der Waals surface area (Å²) >= 11 is 0. The number of H-pyrrole nitrogens is 1. The minimum Gasteiger partial charge on any atom is -0.394 e. The molecule has 1 fully saturated rings. The Morgan fingerprint density at radius 3 is 2.52 bits per heavy atom. The molecule has 1 aromatic heterocycles. The molecule has 12 heteroatoms. The van der Waals surface area contributed by atoms with E-state index in [1.807, 2.05) is 34.6 Å². The number of nitrogens with one attached hydrogen (secondary N) is 1. The van der Waals surface area contributed by atoms with Gasteiger partial charge in [-0.25, -0.2) is 9.46 Å². The predicted molar refractivity (Wildman–Crippen MR) is 112 cm³/mol. The normalized spacial score (nSPS) is 24.4. The molecule has 1 aromatic rings. The van der Waals surface area contributed by atoms with E-state index in [2.05, 4.69) is 15.7 Å².